The lowest BCUT2D eigenvalue weighted by Gasteiger charge is -2.18. The average molecular weight is 288 g/mol. The van der Waals surface area contributed by atoms with E-state index in [4.69, 9.17) is 8.83 Å². The summed E-state index contributed by atoms with van der Waals surface area (Å²) in [7, 11) is 0. The van der Waals surface area contributed by atoms with Crippen LogP contribution in [0.2, 0.25) is 0 Å². The Bertz CT molecular complexity index is 703. The summed E-state index contributed by atoms with van der Waals surface area (Å²) >= 11 is 0. The molecule has 3 amide bonds. The smallest absolute Gasteiger partial charge is 0.325 e. The van der Waals surface area contributed by atoms with Crippen molar-refractivity contribution in [3.63, 3.8) is 0 Å². The summed E-state index contributed by atoms with van der Waals surface area (Å²) in [5.41, 5.74) is -1.24. The minimum atomic E-state index is -1.24. The van der Waals surface area contributed by atoms with Crippen LogP contribution in [0.25, 0.3) is 0 Å². The maximum absolute atomic E-state index is 12.5. The van der Waals surface area contributed by atoms with Crippen molar-refractivity contribution in [2.24, 2.45) is 0 Å². The molecule has 108 valence electrons. The molecule has 3 heterocycles. The number of urea groups is 1. The molecule has 0 bridgehead atoms. The third-order valence-corrected chi connectivity index (χ3v) is 3.40. The van der Waals surface area contributed by atoms with Crippen LogP contribution in [0.4, 0.5) is 4.79 Å². The maximum atomic E-state index is 12.5. The number of aldehydes is 1. The lowest BCUT2D eigenvalue weighted by molar-refractivity contribution is -0.132. The second kappa shape index (κ2) is 4.62. The Hall–Kier alpha value is -2.83. The number of nitrogens with one attached hydrogen (secondary N) is 1. The van der Waals surface area contributed by atoms with Gasteiger partial charge in [0.1, 0.15) is 11.5 Å². The van der Waals surface area contributed by atoms with Gasteiger partial charge in [0.05, 0.1) is 12.8 Å². The highest BCUT2D eigenvalue weighted by molar-refractivity contribution is 6.06. The molecule has 1 aliphatic heterocycles. The van der Waals surface area contributed by atoms with Crippen LogP contribution in [0, 0.1) is 0 Å². The van der Waals surface area contributed by atoms with Crippen molar-refractivity contribution >= 4 is 18.2 Å². The topological polar surface area (TPSA) is 92.8 Å². The van der Waals surface area contributed by atoms with E-state index in [9.17, 15) is 14.4 Å². The fourth-order valence-electron chi connectivity index (χ4n) is 2.27. The van der Waals surface area contributed by atoms with Gasteiger partial charge in [-0.1, -0.05) is 0 Å². The highest BCUT2D eigenvalue weighted by atomic mass is 16.3. The molecule has 21 heavy (non-hydrogen) atoms. The third kappa shape index (κ3) is 2.03. The zero-order valence-corrected chi connectivity index (χ0v) is 11.2. The van der Waals surface area contributed by atoms with Crippen molar-refractivity contribution < 1.29 is 23.2 Å². The van der Waals surface area contributed by atoms with Gasteiger partial charge in [0, 0.05) is 0 Å². The van der Waals surface area contributed by atoms with Crippen molar-refractivity contribution in [2.75, 3.05) is 0 Å². The van der Waals surface area contributed by atoms with E-state index in [1.54, 1.807) is 25.1 Å². The summed E-state index contributed by atoms with van der Waals surface area (Å²) in [5, 5.41) is 2.61. The number of furan rings is 2. The molecular weight excluding hydrogens is 276 g/mol. The first kappa shape index (κ1) is 13.2. The standard InChI is InChI=1S/C14H12N2O5/c1-14(11-3-2-6-20-11)12(18)16(13(19)15-14)7-9-4-5-10(8-17)21-9/h2-6,8H,7H2,1H3,(H,15,19). The SMILES string of the molecule is CC1(c2ccco2)NC(=O)N(Cc2ccc(C=O)o2)C1=O. The first-order valence-electron chi connectivity index (χ1n) is 6.26. The zero-order chi connectivity index (χ0) is 15.0. The van der Waals surface area contributed by atoms with E-state index >= 15 is 0 Å². The molecule has 3 rings (SSSR count). The Kier molecular flexibility index (Phi) is 2.90. The molecule has 7 nitrogen and oxygen atoms in total. The quantitative estimate of drug-likeness (QED) is 0.682. The van der Waals surface area contributed by atoms with Crippen LogP contribution in [0.15, 0.2) is 39.4 Å². The van der Waals surface area contributed by atoms with Crippen LogP contribution in [0.1, 0.15) is 29.0 Å². The average Bonchev–Trinajstić information content (AvgIpc) is 3.17. The molecule has 1 saturated heterocycles. The normalized spacial score (nSPS) is 21.7. The Morgan fingerprint density at radius 2 is 2.14 bits per heavy atom. The number of carbonyl (C=O) groups is 3. The van der Waals surface area contributed by atoms with Gasteiger partial charge in [0.25, 0.3) is 5.91 Å². The van der Waals surface area contributed by atoms with E-state index < -0.39 is 17.5 Å². The molecular formula is C14H12N2O5. The van der Waals surface area contributed by atoms with Gasteiger partial charge in [-0.15, -0.1) is 0 Å². The predicted molar refractivity (Wildman–Crippen MR) is 69.2 cm³/mol. The summed E-state index contributed by atoms with van der Waals surface area (Å²) in [4.78, 5) is 36.1. The summed E-state index contributed by atoms with van der Waals surface area (Å²) in [6.07, 6.45) is 1.99. The fraction of sp³-hybridized carbons (Fsp3) is 0.214. The second-order valence-electron chi connectivity index (χ2n) is 4.85. The van der Waals surface area contributed by atoms with E-state index in [1.807, 2.05) is 0 Å². The van der Waals surface area contributed by atoms with Gasteiger partial charge in [-0.05, 0) is 31.2 Å². The first-order chi connectivity index (χ1) is 10.0. The van der Waals surface area contributed by atoms with E-state index in [2.05, 4.69) is 5.32 Å². The summed E-state index contributed by atoms with van der Waals surface area (Å²) < 4.78 is 10.4. The fourth-order valence-corrected chi connectivity index (χ4v) is 2.27. The van der Waals surface area contributed by atoms with Gasteiger partial charge in [-0.2, -0.15) is 0 Å². The second-order valence-corrected chi connectivity index (χ2v) is 4.85. The largest absolute Gasteiger partial charge is 0.466 e. The molecule has 1 N–H and O–H groups in total. The number of amides is 3. The Morgan fingerprint density at radius 3 is 2.76 bits per heavy atom. The Labute approximate surface area is 119 Å². The molecule has 2 aromatic heterocycles. The van der Waals surface area contributed by atoms with Crippen LogP contribution >= 0.6 is 0 Å². The lowest BCUT2D eigenvalue weighted by atomic mass is 9.99. The van der Waals surface area contributed by atoms with Crippen molar-refractivity contribution in [1.29, 1.82) is 0 Å². The number of rotatable bonds is 4. The van der Waals surface area contributed by atoms with Gasteiger partial charge in [0.2, 0.25) is 0 Å². The van der Waals surface area contributed by atoms with Gasteiger partial charge < -0.3 is 14.2 Å². The summed E-state index contributed by atoms with van der Waals surface area (Å²) in [5.74, 6) is 0.415. The van der Waals surface area contributed by atoms with E-state index in [-0.39, 0.29) is 12.3 Å². The predicted octanol–water partition coefficient (Wildman–Crippen LogP) is 1.65. The molecule has 1 atom stereocenters. The molecule has 2 aromatic rings. The molecule has 0 saturated carbocycles. The number of hydrogen-bond donors (Lipinski definition) is 1. The van der Waals surface area contributed by atoms with Crippen molar-refractivity contribution in [3.8, 4) is 0 Å². The number of carbonyl (C=O) groups excluding carboxylic acids is 3. The molecule has 1 aliphatic rings. The molecule has 7 heteroatoms. The monoisotopic (exact) mass is 288 g/mol. The van der Waals surface area contributed by atoms with Gasteiger partial charge in [-0.3, -0.25) is 14.5 Å². The zero-order valence-electron chi connectivity index (χ0n) is 11.2. The summed E-state index contributed by atoms with van der Waals surface area (Å²) in [6.45, 7) is 1.53. The van der Waals surface area contributed by atoms with Crippen LogP contribution in [-0.2, 0) is 16.9 Å². The van der Waals surface area contributed by atoms with Crippen LogP contribution in [0.3, 0.4) is 0 Å². The first-order valence-corrected chi connectivity index (χ1v) is 6.26. The highest BCUT2D eigenvalue weighted by Crippen LogP contribution is 2.30. The molecule has 1 unspecified atom stereocenters. The maximum Gasteiger partial charge on any atom is 0.325 e. The van der Waals surface area contributed by atoms with Crippen LogP contribution in [0.5, 0.6) is 0 Å². The number of hydrogen-bond acceptors (Lipinski definition) is 5. The summed E-state index contributed by atoms with van der Waals surface area (Å²) in [6, 6.07) is 5.76. The van der Waals surface area contributed by atoms with E-state index in [0.717, 1.165) is 4.90 Å². The highest BCUT2D eigenvalue weighted by Gasteiger charge is 2.51. The molecule has 0 aliphatic carbocycles. The van der Waals surface area contributed by atoms with Gasteiger partial charge >= 0.3 is 6.03 Å². The van der Waals surface area contributed by atoms with E-state index in [1.165, 1.54) is 12.3 Å². The Balaban J connectivity index is 1.85. The minimum absolute atomic E-state index is 0.0468. The Morgan fingerprint density at radius 1 is 1.33 bits per heavy atom. The van der Waals surface area contributed by atoms with Crippen molar-refractivity contribution in [1.82, 2.24) is 10.2 Å². The van der Waals surface area contributed by atoms with Crippen LogP contribution in [-0.4, -0.2) is 23.1 Å². The van der Waals surface area contributed by atoms with Gasteiger partial charge in [0.15, 0.2) is 17.6 Å². The van der Waals surface area contributed by atoms with Crippen molar-refractivity contribution in [3.05, 3.63) is 47.8 Å². The number of nitrogens with zero attached hydrogens (tertiary/aromatic N) is 1. The molecule has 0 radical (unpaired) electrons. The number of imide groups is 1. The van der Waals surface area contributed by atoms with E-state index in [0.29, 0.717) is 17.8 Å². The molecule has 0 spiro atoms. The van der Waals surface area contributed by atoms with Crippen molar-refractivity contribution in [2.45, 2.75) is 19.0 Å². The lowest BCUT2D eigenvalue weighted by Crippen LogP contribution is -2.40. The third-order valence-electron chi connectivity index (χ3n) is 3.40. The van der Waals surface area contributed by atoms with Gasteiger partial charge in [-0.25, -0.2) is 4.79 Å². The molecule has 1 fully saturated rings. The molecule has 0 aromatic carbocycles. The minimum Gasteiger partial charge on any atom is -0.466 e. The van der Waals surface area contributed by atoms with Crippen LogP contribution < -0.4 is 5.32 Å².